The number of halogens is 1. The van der Waals surface area contributed by atoms with Crippen LogP contribution >= 0.6 is 15.9 Å². The summed E-state index contributed by atoms with van der Waals surface area (Å²) in [7, 11) is 0. The number of nitrogens with zero attached hydrogens (tertiary/aromatic N) is 4. The number of nitrogen functional groups attached to an aromatic ring is 1. The van der Waals surface area contributed by atoms with E-state index in [4.69, 9.17) is 5.73 Å². The number of hydrogen-bond acceptors (Lipinski definition) is 4. The quantitative estimate of drug-likeness (QED) is 0.807. The summed E-state index contributed by atoms with van der Waals surface area (Å²) in [4.78, 5) is 4.11. The van der Waals surface area contributed by atoms with Crippen LogP contribution in [0.1, 0.15) is 0 Å². The van der Waals surface area contributed by atoms with E-state index in [9.17, 15) is 0 Å². The Hall–Kier alpha value is -1.43. The maximum absolute atomic E-state index is 5.73. The van der Waals surface area contributed by atoms with Crippen LogP contribution in [0.25, 0.3) is 5.82 Å². The van der Waals surface area contributed by atoms with Crippen LogP contribution in [0, 0.1) is 0 Å². The molecule has 2 aromatic heterocycles. The van der Waals surface area contributed by atoms with Crippen LogP contribution in [0.15, 0.2) is 29.1 Å². The monoisotopic (exact) mass is 239 g/mol. The van der Waals surface area contributed by atoms with Gasteiger partial charge in [0.1, 0.15) is 0 Å². The van der Waals surface area contributed by atoms with Gasteiger partial charge in [-0.2, -0.15) is 0 Å². The van der Waals surface area contributed by atoms with E-state index in [-0.39, 0.29) is 0 Å². The van der Waals surface area contributed by atoms with Gasteiger partial charge in [-0.3, -0.25) is 0 Å². The van der Waals surface area contributed by atoms with Crippen molar-refractivity contribution >= 4 is 21.6 Å². The predicted octanol–water partition coefficient (Wildman–Crippen LogP) is 1.01. The van der Waals surface area contributed by atoms with Crippen molar-refractivity contribution in [1.82, 2.24) is 20.0 Å². The SMILES string of the molecule is Nc1cc(Br)cnc1-n1ccnn1. The third kappa shape index (κ3) is 1.52. The zero-order valence-electron chi connectivity index (χ0n) is 6.55. The highest BCUT2D eigenvalue weighted by Gasteiger charge is 2.03. The molecule has 0 aliphatic rings. The smallest absolute Gasteiger partial charge is 0.178 e. The topological polar surface area (TPSA) is 69.6 Å². The van der Waals surface area contributed by atoms with Gasteiger partial charge in [0.15, 0.2) is 5.82 Å². The van der Waals surface area contributed by atoms with Gasteiger partial charge in [0.25, 0.3) is 0 Å². The zero-order valence-corrected chi connectivity index (χ0v) is 8.14. The highest BCUT2D eigenvalue weighted by Crippen LogP contribution is 2.17. The largest absolute Gasteiger partial charge is 0.396 e. The average molecular weight is 240 g/mol. The van der Waals surface area contributed by atoms with Crippen molar-refractivity contribution < 1.29 is 0 Å². The molecule has 2 rings (SSSR count). The highest BCUT2D eigenvalue weighted by molar-refractivity contribution is 9.10. The summed E-state index contributed by atoms with van der Waals surface area (Å²) in [6, 6.07) is 1.77. The first-order chi connectivity index (χ1) is 6.27. The first-order valence-electron chi connectivity index (χ1n) is 3.55. The third-order valence-corrected chi connectivity index (χ3v) is 1.93. The molecule has 2 heterocycles. The lowest BCUT2D eigenvalue weighted by atomic mass is 10.4. The Morgan fingerprint density at radius 2 is 2.31 bits per heavy atom. The Bertz CT molecular complexity index is 411. The molecule has 0 saturated heterocycles. The molecule has 0 aromatic carbocycles. The molecular weight excluding hydrogens is 234 g/mol. The van der Waals surface area contributed by atoms with Gasteiger partial charge in [-0.15, -0.1) is 5.10 Å². The molecule has 6 heteroatoms. The van der Waals surface area contributed by atoms with E-state index in [1.54, 1.807) is 24.7 Å². The minimum absolute atomic E-state index is 0.555. The molecule has 0 amide bonds. The van der Waals surface area contributed by atoms with E-state index in [1.807, 2.05) is 0 Å². The molecule has 2 N–H and O–H groups in total. The molecule has 0 atom stereocenters. The summed E-state index contributed by atoms with van der Waals surface area (Å²) in [5.74, 6) is 0.584. The maximum Gasteiger partial charge on any atom is 0.178 e. The van der Waals surface area contributed by atoms with Gasteiger partial charge in [0.2, 0.25) is 0 Å². The Morgan fingerprint density at radius 1 is 1.46 bits per heavy atom. The van der Waals surface area contributed by atoms with Crippen LogP contribution in [0.4, 0.5) is 5.69 Å². The Labute approximate surface area is 82.7 Å². The second kappa shape index (κ2) is 3.14. The average Bonchev–Trinajstić information content (AvgIpc) is 2.56. The van der Waals surface area contributed by atoms with Crippen molar-refractivity contribution in [2.24, 2.45) is 0 Å². The number of aromatic nitrogens is 4. The number of hydrogen-bond donors (Lipinski definition) is 1. The van der Waals surface area contributed by atoms with Gasteiger partial charge in [0, 0.05) is 10.7 Å². The molecule has 0 aliphatic heterocycles. The van der Waals surface area contributed by atoms with E-state index >= 15 is 0 Å². The Morgan fingerprint density at radius 3 is 2.92 bits per heavy atom. The first kappa shape index (κ1) is 8.18. The van der Waals surface area contributed by atoms with Crippen molar-refractivity contribution in [3.63, 3.8) is 0 Å². The molecule has 5 nitrogen and oxygen atoms in total. The van der Waals surface area contributed by atoms with Gasteiger partial charge in [-0.05, 0) is 22.0 Å². The van der Waals surface area contributed by atoms with E-state index in [0.717, 1.165) is 4.47 Å². The molecule has 66 valence electrons. The Balaban J connectivity index is 2.53. The molecular formula is C7H6BrN5. The fourth-order valence-electron chi connectivity index (χ4n) is 0.960. The predicted molar refractivity (Wildman–Crippen MR) is 51.3 cm³/mol. The Kier molecular flexibility index (Phi) is 1.97. The van der Waals surface area contributed by atoms with Crippen molar-refractivity contribution in [1.29, 1.82) is 0 Å². The third-order valence-electron chi connectivity index (χ3n) is 1.50. The van der Waals surface area contributed by atoms with Crippen LogP contribution in [0.2, 0.25) is 0 Å². The molecule has 0 aliphatic carbocycles. The van der Waals surface area contributed by atoms with Crippen molar-refractivity contribution in [3.8, 4) is 5.82 Å². The number of nitrogens with two attached hydrogens (primary N) is 1. The summed E-state index contributed by atoms with van der Waals surface area (Å²) in [5, 5.41) is 7.45. The van der Waals surface area contributed by atoms with Gasteiger partial charge in [0.05, 0.1) is 18.1 Å². The molecule has 13 heavy (non-hydrogen) atoms. The van der Waals surface area contributed by atoms with E-state index in [0.29, 0.717) is 11.5 Å². The van der Waals surface area contributed by atoms with E-state index in [2.05, 4.69) is 31.2 Å². The van der Waals surface area contributed by atoms with Gasteiger partial charge < -0.3 is 5.73 Å². The van der Waals surface area contributed by atoms with Crippen LogP contribution in [-0.2, 0) is 0 Å². The second-order valence-electron chi connectivity index (χ2n) is 2.41. The fraction of sp³-hybridized carbons (Fsp3) is 0. The molecule has 0 fully saturated rings. The summed E-state index contributed by atoms with van der Waals surface area (Å²) in [5.41, 5.74) is 6.29. The molecule has 2 aromatic rings. The van der Waals surface area contributed by atoms with Crippen molar-refractivity contribution in [2.45, 2.75) is 0 Å². The minimum atomic E-state index is 0.555. The minimum Gasteiger partial charge on any atom is -0.396 e. The van der Waals surface area contributed by atoms with Gasteiger partial charge >= 0.3 is 0 Å². The first-order valence-corrected chi connectivity index (χ1v) is 4.34. The molecule has 0 saturated carbocycles. The van der Waals surface area contributed by atoms with Gasteiger partial charge in [-0.1, -0.05) is 5.21 Å². The number of anilines is 1. The standard InChI is InChI=1S/C7H6BrN5/c8-5-3-6(9)7(10-4-5)13-2-1-11-12-13/h1-4H,9H2. The molecule has 0 unspecified atom stereocenters. The second-order valence-corrected chi connectivity index (χ2v) is 3.33. The van der Waals surface area contributed by atoms with Crippen molar-refractivity contribution in [3.05, 3.63) is 29.1 Å². The number of pyridine rings is 1. The summed E-state index contributed by atoms with van der Waals surface area (Å²) >= 11 is 3.27. The summed E-state index contributed by atoms with van der Waals surface area (Å²) < 4.78 is 2.36. The van der Waals surface area contributed by atoms with Crippen LogP contribution in [0.3, 0.4) is 0 Å². The van der Waals surface area contributed by atoms with Crippen LogP contribution in [0.5, 0.6) is 0 Å². The highest BCUT2D eigenvalue weighted by atomic mass is 79.9. The molecule has 0 bridgehead atoms. The van der Waals surface area contributed by atoms with Crippen LogP contribution in [-0.4, -0.2) is 20.0 Å². The zero-order chi connectivity index (χ0) is 9.26. The lowest BCUT2D eigenvalue weighted by molar-refractivity contribution is 0.783. The summed E-state index contributed by atoms with van der Waals surface area (Å²) in [6.07, 6.45) is 4.92. The summed E-state index contributed by atoms with van der Waals surface area (Å²) in [6.45, 7) is 0. The maximum atomic E-state index is 5.73. The lowest BCUT2D eigenvalue weighted by Gasteiger charge is -2.02. The van der Waals surface area contributed by atoms with E-state index < -0.39 is 0 Å². The normalized spacial score (nSPS) is 10.2. The number of rotatable bonds is 1. The molecule has 0 spiro atoms. The molecule has 0 radical (unpaired) electrons. The lowest BCUT2D eigenvalue weighted by Crippen LogP contribution is -2.03. The fourth-order valence-corrected chi connectivity index (χ4v) is 1.31. The van der Waals surface area contributed by atoms with Crippen molar-refractivity contribution in [2.75, 3.05) is 5.73 Å². The van der Waals surface area contributed by atoms with Gasteiger partial charge in [-0.25, -0.2) is 9.67 Å². The van der Waals surface area contributed by atoms with E-state index in [1.165, 1.54) is 4.68 Å². The van der Waals surface area contributed by atoms with Crippen LogP contribution < -0.4 is 5.73 Å².